The summed E-state index contributed by atoms with van der Waals surface area (Å²) in [5.41, 5.74) is 1.13. The largest absolute Gasteiger partial charge is 0.455 e. The van der Waals surface area contributed by atoms with Crippen LogP contribution < -0.4 is 10.2 Å². The van der Waals surface area contributed by atoms with Crippen LogP contribution in [0.3, 0.4) is 0 Å². The summed E-state index contributed by atoms with van der Waals surface area (Å²) >= 11 is 9.21. The van der Waals surface area contributed by atoms with Gasteiger partial charge in [0.05, 0.1) is 21.6 Å². The van der Waals surface area contributed by atoms with Crippen LogP contribution in [0.1, 0.15) is 12.0 Å². The van der Waals surface area contributed by atoms with Crippen LogP contribution in [-0.2, 0) is 19.1 Å². The summed E-state index contributed by atoms with van der Waals surface area (Å²) < 4.78 is 5.72. The molecule has 0 aliphatic carbocycles. The zero-order valence-corrected chi connectivity index (χ0v) is 18.6. The standard InChI is InChI=1S/C20H17BrClN3O6/c1-11-2-4-14(8-17(11)25(29)30)24-9-12(6-19(24)27)20(28)31-10-18(26)23-13-3-5-15(21)16(22)7-13/h2-5,7-8,12H,6,9-10H2,1H3,(H,23,26)/t12-/m0/s1. The fraction of sp³-hybridized carbons (Fsp3) is 0.250. The summed E-state index contributed by atoms with van der Waals surface area (Å²) in [7, 11) is 0. The lowest BCUT2D eigenvalue weighted by molar-refractivity contribution is -0.385. The van der Waals surface area contributed by atoms with Crippen LogP contribution in [0, 0.1) is 23.0 Å². The van der Waals surface area contributed by atoms with E-state index in [2.05, 4.69) is 21.2 Å². The van der Waals surface area contributed by atoms with Crippen molar-refractivity contribution in [2.24, 2.45) is 5.92 Å². The Kier molecular flexibility index (Phi) is 6.91. The lowest BCUT2D eigenvalue weighted by Crippen LogP contribution is -2.28. The summed E-state index contributed by atoms with van der Waals surface area (Å²) in [6.45, 7) is 1.09. The highest BCUT2D eigenvalue weighted by Crippen LogP contribution is 2.30. The molecule has 1 aliphatic heterocycles. The van der Waals surface area contributed by atoms with Crippen LogP contribution in [0.15, 0.2) is 40.9 Å². The molecule has 9 nitrogen and oxygen atoms in total. The fourth-order valence-electron chi connectivity index (χ4n) is 3.10. The number of rotatable bonds is 6. The smallest absolute Gasteiger partial charge is 0.311 e. The van der Waals surface area contributed by atoms with Gasteiger partial charge in [-0.1, -0.05) is 17.7 Å². The minimum absolute atomic E-state index is 0.0157. The van der Waals surface area contributed by atoms with Gasteiger partial charge in [-0.3, -0.25) is 24.5 Å². The lowest BCUT2D eigenvalue weighted by Gasteiger charge is -2.16. The molecule has 0 unspecified atom stereocenters. The zero-order chi connectivity index (χ0) is 22.7. The van der Waals surface area contributed by atoms with Gasteiger partial charge in [0.1, 0.15) is 0 Å². The number of hydrogen-bond donors (Lipinski definition) is 1. The third-order valence-electron chi connectivity index (χ3n) is 4.71. The molecular formula is C20H17BrClN3O6. The number of nitro groups is 1. The Bertz CT molecular complexity index is 1080. The number of anilines is 2. The minimum atomic E-state index is -0.775. The molecule has 2 aromatic carbocycles. The van der Waals surface area contributed by atoms with Gasteiger partial charge in [0.25, 0.3) is 11.6 Å². The van der Waals surface area contributed by atoms with Crippen LogP contribution >= 0.6 is 27.5 Å². The molecular weight excluding hydrogens is 494 g/mol. The van der Waals surface area contributed by atoms with E-state index in [1.165, 1.54) is 11.0 Å². The topological polar surface area (TPSA) is 119 Å². The van der Waals surface area contributed by atoms with Gasteiger partial charge in [-0.25, -0.2) is 0 Å². The second kappa shape index (κ2) is 9.44. The molecule has 1 atom stereocenters. The highest BCUT2D eigenvalue weighted by atomic mass is 79.9. The van der Waals surface area contributed by atoms with E-state index in [1.54, 1.807) is 37.3 Å². The Morgan fingerprint density at radius 1 is 1.32 bits per heavy atom. The van der Waals surface area contributed by atoms with Gasteiger partial charge in [-0.2, -0.15) is 0 Å². The number of carbonyl (C=O) groups is 3. The Labute approximate surface area is 190 Å². The Morgan fingerprint density at radius 2 is 2.06 bits per heavy atom. The first-order valence-corrected chi connectivity index (χ1v) is 10.3. The summed E-state index contributed by atoms with van der Waals surface area (Å²) in [6, 6.07) is 9.27. The van der Waals surface area contributed by atoms with Gasteiger partial charge in [0.2, 0.25) is 5.91 Å². The first-order chi connectivity index (χ1) is 14.7. The molecule has 2 amide bonds. The number of ether oxygens (including phenoxy) is 1. The van der Waals surface area contributed by atoms with E-state index in [1.807, 2.05) is 0 Å². The van der Waals surface area contributed by atoms with Crippen molar-refractivity contribution < 1.29 is 24.0 Å². The van der Waals surface area contributed by atoms with Gasteiger partial charge < -0.3 is 15.0 Å². The average Bonchev–Trinajstić information content (AvgIpc) is 3.11. The number of amides is 2. The predicted octanol–water partition coefficient (Wildman–Crippen LogP) is 3.85. The van der Waals surface area contributed by atoms with E-state index < -0.39 is 29.3 Å². The Balaban J connectivity index is 1.57. The van der Waals surface area contributed by atoms with E-state index in [0.29, 0.717) is 26.4 Å². The van der Waals surface area contributed by atoms with E-state index in [0.717, 1.165) is 0 Å². The third kappa shape index (κ3) is 5.39. The van der Waals surface area contributed by atoms with Crippen molar-refractivity contribution in [1.29, 1.82) is 0 Å². The predicted molar refractivity (Wildman–Crippen MR) is 117 cm³/mol. The van der Waals surface area contributed by atoms with E-state index in [4.69, 9.17) is 16.3 Å². The number of aryl methyl sites for hydroxylation is 1. The van der Waals surface area contributed by atoms with Crippen molar-refractivity contribution >= 4 is 62.4 Å². The number of nitrogens with one attached hydrogen (secondary N) is 1. The summed E-state index contributed by atoms with van der Waals surface area (Å²) in [5, 5.41) is 14.1. The molecule has 0 bridgehead atoms. The molecule has 1 heterocycles. The van der Waals surface area contributed by atoms with Crippen LogP contribution in [0.5, 0.6) is 0 Å². The second-order valence-electron chi connectivity index (χ2n) is 6.92. The van der Waals surface area contributed by atoms with Crippen LogP contribution in [0.4, 0.5) is 17.1 Å². The number of benzene rings is 2. The fourth-order valence-corrected chi connectivity index (χ4v) is 3.53. The molecule has 1 fully saturated rings. The molecule has 162 valence electrons. The van der Waals surface area contributed by atoms with Crippen molar-refractivity contribution in [3.63, 3.8) is 0 Å². The summed E-state index contributed by atoms with van der Waals surface area (Å²) in [4.78, 5) is 48.6. The first-order valence-electron chi connectivity index (χ1n) is 9.12. The normalized spacial score (nSPS) is 15.6. The van der Waals surface area contributed by atoms with E-state index >= 15 is 0 Å². The number of halogens is 2. The van der Waals surface area contributed by atoms with Gasteiger partial charge >= 0.3 is 5.97 Å². The monoisotopic (exact) mass is 509 g/mol. The molecule has 2 aromatic rings. The summed E-state index contributed by atoms with van der Waals surface area (Å²) in [5.74, 6) is -2.37. The SMILES string of the molecule is Cc1ccc(N2C[C@@H](C(=O)OCC(=O)Nc3ccc(Br)c(Cl)c3)CC2=O)cc1[N+](=O)[O-]. The lowest BCUT2D eigenvalue weighted by atomic mass is 10.1. The van der Waals surface area contributed by atoms with Gasteiger partial charge in [0.15, 0.2) is 6.61 Å². The van der Waals surface area contributed by atoms with Gasteiger partial charge in [-0.15, -0.1) is 0 Å². The maximum atomic E-state index is 12.3. The highest BCUT2D eigenvalue weighted by Gasteiger charge is 2.37. The van der Waals surface area contributed by atoms with Crippen molar-refractivity contribution in [3.8, 4) is 0 Å². The van der Waals surface area contributed by atoms with Crippen molar-refractivity contribution in [2.45, 2.75) is 13.3 Å². The van der Waals surface area contributed by atoms with Gasteiger partial charge in [-0.05, 0) is 47.1 Å². The molecule has 1 aliphatic rings. The number of nitro benzene ring substituents is 1. The molecule has 1 N–H and O–H groups in total. The number of carbonyl (C=O) groups excluding carboxylic acids is 3. The molecule has 0 saturated carbocycles. The van der Waals surface area contributed by atoms with Crippen LogP contribution in [-0.4, -0.2) is 35.9 Å². The van der Waals surface area contributed by atoms with E-state index in [-0.39, 0.29) is 24.6 Å². The first kappa shape index (κ1) is 22.7. The minimum Gasteiger partial charge on any atom is -0.455 e. The molecule has 11 heteroatoms. The molecule has 3 rings (SSSR count). The van der Waals surface area contributed by atoms with Crippen molar-refractivity contribution in [1.82, 2.24) is 0 Å². The Morgan fingerprint density at radius 3 is 2.74 bits per heavy atom. The molecule has 0 radical (unpaired) electrons. The molecule has 0 spiro atoms. The Hall–Kier alpha value is -2.98. The third-order valence-corrected chi connectivity index (χ3v) is 5.94. The van der Waals surface area contributed by atoms with Crippen LogP contribution in [0.2, 0.25) is 5.02 Å². The average molecular weight is 511 g/mol. The molecule has 1 saturated heterocycles. The maximum Gasteiger partial charge on any atom is 0.311 e. The van der Waals surface area contributed by atoms with Crippen molar-refractivity contribution in [2.75, 3.05) is 23.4 Å². The van der Waals surface area contributed by atoms with Gasteiger partial charge in [0, 0.05) is 34.8 Å². The molecule has 31 heavy (non-hydrogen) atoms. The maximum absolute atomic E-state index is 12.3. The zero-order valence-electron chi connectivity index (χ0n) is 16.3. The molecule has 0 aromatic heterocycles. The summed E-state index contributed by atoms with van der Waals surface area (Å²) in [6.07, 6.45) is -0.107. The highest BCUT2D eigenvalue weighted by molar-refractivity contribution is 9.10. The number of esters is 1. The number of nitrogens with zero attached hydrogens (tertiary/aromatic N) is 2. The second-order valence-corrected chi connectivity index (χ2v) is 8.18. The van der Waals surface area contributed by atoms with E-state index in [9.17, 15) is 24.5 Å². The van der Waals surface area contributed by atoms with Crippen LogP contribution in [0.25, 0.3) is 0 Å². The van der Waals surface area contributed by atoms with Crippen molar-refractivity contribution in [3.05, 3.63) is 61.6 Å². The quantitative estimate of drug-likeness (QED) is 0.358. The number of hydrogen-bond acceptors (Lipinski definition) is 6.